The zero-order valence-corrected chi connectivity index (χ0v) is 20.2. The molecule has 0 spiro atoms. The monoisotopic (exact) mass is 500 g/mol. The number of hydrogen-bond acceptors (Lipinski definition) is 4. The first-order chi connectivity index (χ1) is 17.0. The molecule has 7 nitrogen and oxygen atoms in total. The Hall–Kier alpha value is -3.56. The predicted molar refractivity (Wildman–Crippen MR) is 126 cm³/mol. The number of ether oxygens (including phenoxy) is 1. The molecule has 5 rings (SSSR count). The number of amides is 1. The number of carbonyl (C=O) groups excluding carboxylic acids is 1. The van der Waals surface area contributed by atoms with Crippen molar-refractivity contribution in [1.29, 1.82) is 0 Å². The number of halogens is 3. The fraction of sp³-hybridized carbons (Fsp3) is 0.423. The fourth-order valence-electron chi connectivity index (χ4n) is 4.70. The van der Waals surface area contributed by atoms with Crippen LogP contribution in [-0.2, 0) is 12.7 Å². The van der Waals surface area contributed by atoms with Crippen LogP contribution in [0.25, 0.3) is 5.69 Å². The van der Waals surface area contributed by atoms with Crippen molar-refractivity contribution in [2.24, 2.45) is 0 Å². The zero-order chi connectivity index (χ0) is 25.8. The van der Waals surface area contributed by atoms with Crippen LogP contribution in [0.5, 0.6) is 5.75 Å². The Bertz CT molecular complexity index is 1370. The van der Waals surface area contributed by atoms with E-state index in [1.807, 2.05) is 13.8 Å². The molecule has 0 radical (unpaired) electrons. The van der Waals surface area contributed by atoms with E-state index in [4.69, 9.17) is 4.74 Å². The molecule has 1 aromatic carbocycles. The maximum Gasteiger partial charge on any atom is 0.416 e. The lowest BCUT2D eigenvalue weighted by Gasteiger charge is -2.34. The molecule has 0 saturated heterocycles. The second kappa shape index (κ2) is 8.83. The summed E-state index contributed by atoms with van der Waals surface area (Å²) < 4.78 is 49.8. The minimum Gasteiger partial charge on any atom is -0.490 e. The van der Waals surface area contributed by atoms with Gasteiger partial charge in [0.05, 0.1) is 29.7 Å². The standard InChI is InChI=1S/C26H27F3N4O3/c1-15-13-31(14-30-15)22-6-7-23-25(35)33(16(2)8-9-32(23)24(22)34)17(3)18-10-19(26(27,28)29)12-21(11-18)36-20-4-5-20/h6-7,10-14,16-17,20H,4-5,8-9H2,1-3H3. The van der Waals surface area contributed by atoms with Crippen LogP contribution in [0.1, 0.15) is 66.5 Å². The highest BCUT2D eigenvalue weighted by Crippen LogP contribution is 2.38. The third-order valence-corrected chi connectivity index (χ3v) is 6.83. The number of alkyl halides is 3. The molecule has 2 aliphatic rings. The van der Waals surface area contributed by atoms with Gasteiger partial charge >= 0.3 is 6.18 Å². The first kappa shape index (κ1) is 24.1. The van der Waals surface area contributed by atoms with E-state index in [0.29, 0.717) is 24.2 Å². The maximum absolute atomic E-state index is 13.7. The van der Waals surface area contributed by atoms with Crippen molar-refractivity contribution < 1.29 is 22.7 Å². The summed E-state index contributed by atoms with van der Waals surface area (Å²) in [5, 5.41) is 0. The van der Waals surface area contributed by atoms with Gasteiger partial charge in [-0.2, -0.15) is 13.2 Å². The van der Waals surface area contributed by atoms with E-state index < -0.39 is 23.7 Å². The zero-order valence-electron chi connectivity index (χ0n) is 20.2. The highest BCUT2D eigenvalue weighted by molar-refractivity contribution is 5.93. The Morgan fingerprint density at radius 3 is 2.50 bits per heavy atom. The summed E-state index contributed by atoms with van der Waals surface area (Å²) in [7, 11) is 0. The van der Waals surface area contributed by atoms with Crippen molar-refractivity contribution in [2.75, 3.05) is 0 Å². The number of benzene rings is 1. The molecule has 2 atom stereocenters. The van der Waals surface area contributed by atoms with Crippen molar-refractivity contribution in [3.63, 3.8) is 0 Å². The van der Waals surface area contributed by atoms with Gasteiger partial charge in [-0.25, -0.2) is 4.98 Å². The number of imidazole rings is 1. The van der Waals surface area contributed by atoms with Gasteiger partial charge in [-0.3, -0.25) is 9.59 Å². The van der Waals surface area contributed by atoms with Gasteiger partial charge in [-0.1, -0.05) is 0 Å². The Morgan fingerprint density at radius 1 is 1.11 bits per heavy atom. The van der Waals surface area contributed by atoms with Crippen molar-refractivity contribution >= 4 is 5.91 Å². The summed E-state index contributed by atoms with van der Waals surface area (Å²) in [5.74, 6) is -0.249. The SMILES string of the molecule is Cc1cn(-c2ccc3n(c2=O)CCC(C)N(C(C)c2cc(OC4CC4)cc(C(F)(F)F)c2)C3=O)cn1. The fourth-order valence-corrected chi connectivity index (χ4v) is 4.70. The van der Waals surface area contributed by atoms with Crippen LogP contribution in [-0.4, -0.2) is 37.1 Å². The molecular formula is C26H27F3N4O3. The normalized spacial score (nSPS) is 19.1. The quantitative estimate of drug-likeness (QED) is 0.500. The van der Waals surface area contributed by atoms with Crippen LogP contribution < -0.4 is 10.3 Å². The van der Waals surface area contributed by atoms with Gasteiger partial charge in [0.15, 0.2) is 0 Å². The van der Waals surface area contributed by atoms with Crippen LogP contribution in [0, 0.1) is 6.92 Å². The number of aromatic nitrogens is 3. The lowest BCUT2D eigenvalue weighted by atomic mass is 10.0. The number of rotatable bonds is 5. The summed E-state index contributed by atoms with van der Waals surface area (Å²) in [6.07, 6.45) is 0.761. The minimum absolute atomic E-state index is 0.0670. The molecule has 2 aromatic heterocycles. The molecule has 1 aliphatic heterocycles. The lowest BCUT2D eigenvalue weighted by Crippen LogP contribution is -2.40. The highest BCUT2D eigenvalue weighted by atomic mass is 19.4. The summed E-state index contributed by atoms with van der Waals surface area (Å²) in [4.78, 5) is 32.7. The first-order valence-corrected chi connectivity index (χ1v) is 12.0. The van der Waals surface area contributed by atoms with E-state index in [1.165, 1.54) is 4.57 Å². The average molecular weight is 501 g/mol. The topological polar surface area (TPSA) is 69.4 Å². The Balaban J connectivity index is 1.53. The molecule has 0 bridgehead atoms. The van der Waals surface area contributed by atoms with E-state index in [2.05, 4.69) is 4.98 Å². The summed E-state index contributed by atoms with van der Waals surface area (Å²) in [6.45, 7) is 5.68. The predicted octanol–water partition coefficient (Wildman–Crippen LogP) is 4.90. The third kappa shape index (κ3) is 4.52. The maximum atomic E-state index is 13.7. The Labute approximate surface area is 206 Å². The van der Waals surface area contributed by atoms with Gasteiger partial charge in [0, 0.05) is 18.8 Å². The molecule has 1 amide bonds. The number of hydrogen-bond donors (Lipinski definition) is 0. The van der Waals surface area contributed by atoms with E-state index >= 15 is 0 Å². The number of fused-ring (bicyclic) bond motifs is 1. The molecule has 3 aromatic rings. The molecule has 2 unspecified atom stereocenters. The summed E-state index contributed by atoms with van der Waals surface area (Å²) >= 11 is 0. The third-order valence-electron chi connectivity index (χ3n) is 6.83. The largest absolute Gasteiger partial charge is 0.490 e. The van der Waals surface area contributed by atoms with Crippen LogP contribution in [0.3, 0.4) is 0 Å². The molecule has 3 heterocycles. The summed E-state index contributed by atoms with van der Waals surface area (Å²) in [6, 6.07) is 5.86. The average Bonchev–Trinajstić information content (AvgIpc) is 3.55. The van der Waals surface area contributed by atoms with Gasteiger partial charge in [0.1, 0.15) is 17.1 Å². The summed E-state index contributed by atoms with van der Waals surface area (Å²) in [5.41, 5.74) is 0.542. The second-order valence-electron chi connectivity index (χ2n) is 9.61. The molecule has 36 heavy (non-hydrogen) atoms. The van der Waals surface area contributed by atoms with E-state index in [9.17, 15) is 22.8 Å². The first-order valence-electron chi connectivity index (χ1n) is 12.0. The van der Waals surface area contributed by atoms with Crippen molar-refractivity contribution in [3.05, 3.63) is 75.7 Å². The van der Waals surface area contributed by atoms with Gasteiger partial charge < -0.3 is 18.8 Å². The van der Waals surface area contributed by atoms with E-state index in [0.717, 1.165) is 30.7 Å². The van der Waals surface area contributed by atoms with Crippen LogP contribution in [0.15, 0.2) is 47.7 Å². The van der Waals surface area contributed by atoms with Gasteiger partial charge in [0.2, 0.25) is 0 Å². The van der Waals surface area contributed by atoms with Crippen molar-refractivity contribution in [1.82, 2.24) is 19.0 Å². The van der Waals surface area contributed by atoms with E-state index in [1.54, 1.807) is 47.1 Å². The molecule has 10 heteroatoms. The van der Waals surface area contributed by atoms with Gasteiger partial charge in [-0.15, -0.1) is 0 Å². The van der Waals surface area contributed by atoms with Crippen molar-refractivity contribution in [3.8, 4) is 11.4 Å². The Morgan fingerprint density at radius 2 is 1.86 bits per heavy atom. The molecule has 190 valence electrons. The van der Waals surface area contributed by atoms with E-state index in [-0.39, 0.29) is 29.1 Å². The van der Waals surface area contributed by atoms with Crippen LogP contribution >= 0.6 is 0 Å². The highest BCUT2D eigenvalue weighted by Gasteiger charge is 2.36. The van der Waals surface area contributed by atoms with Crippen molar-refractivity contribution in [2.45, 2.75) is 70.9 Å². The lowest BCUT2D eigenvalue weighted by molar-refractivity contribution is -0.137. The molecular weight excluding hydrogens is 473 g/mol. The molecule has 1 saturated carbocycles. The number of aryl methyl sites for hydroxylation is 1. The number of nitrogens with zero attached hydrogens (tertiary/aromatic N) is 4. The van der Waals surface area contributed by atoms with Crippen LogP contribution in [0.2, 0.25) is 0 Å². The number of pyridine rings is 1. The molecule has 1 fully saturated rings. The molecule has 1 aliphatic carbocycles. The number of carbonyl (C=O) groups is 1. The second-order valence-corrected chi connectivity index (χ2v) is 9.61. The minimum atomic E-state index is -4.55. The van der Waals surface area contributed by atoms with Crippen LogP contribution in [0.4, 0.5) is 13.2 Å². The molecule has 0 N–H and O–H groups in total. The van der Waals surface area contributed by atoms with Gasteiger partial charge in [0.25, 0.3) is 11.5 Å². The smallest absolute Gasteiger partial charge is 0.416 e. The Kier molecular flexibility index (Phi) is 5.92. The van der Waals surface area contributed by atoms with Gasteiger partial charge in [-0.05, 0) is 75.9 Å².